The molecule has 3 amide bonds. The first-order chi connectivity index (χ1) is 9.72. The zero-order valence-electron chi connectivity index (χ0n) is 11.4. The Morgan fingerprint density at radius 3 is 2.85 bits per heavy atom. The molecular weight excluding hydrogens is 254 g/mol. The summed E-state index contributed by atoms with van der Waals surface area (Å²) < 4.78 is 0. The van der Waals surface area contributed by atoms with Crippen LogP contribution in [0.5, 0.6) is 0 Å². The third kappa shape index (κ3) is 2.08. The molecule has 3 rings (SSSR count). The van der Waals surface area contributed by atoms with Gasteiger partial charge in [0.15, 0.2) is 0 Å². The molecule has 0 aromatic heterocycles. The Kier molecular flexibility index (Phi) is 3.44. The van der Waals surface area contributed by atoms with Crippen molar-refractivity contribution in [1.29, 1.82) is 0 Å². The number of nitrogens with two attached hydrogens (primary N) is 1. The van der Waals surface area contributed by atoms with Crippen molar-refractivity contribution in [2.75, 3.05) is 11.4 Å². The fraction of sp³-hybridized carbons (Fsp3) is 0.467. The van der Waals surface area contributed by atoms with Crippen molar-refractivity contribution in [3.05, 3.63) is 29.8 Å². The van der Waals surface area contributed by atoms with Gasteiger partial charge in [-0.05, 0) is 30.5 Å². The summed E-state index contributed by atoms with van der Waals surface area (Å²) in [4.78, 5) is 28.1. The molecule has 0 aliphatic carbocycles. The molecule has 0 saturated carbocycles. The van der Waals surface area contributed by atoms with E-state index in [2.05, 4.69) is 0 Å². The lowest BCUT2D eigenvalue weighted by Gasteiger charge is -2.18. The zero-order chi connectivity index (χ0) is 14.1. The molecule has 2 saturated heterocycles. The monoisotopic (exact) mass is 273 g/mol. The lowest BCUT2D eigenvalue weighted by Crippen LogP contribution is -2.34. The molecule has 0 spiro atoms. The van der Waals surface area contributed by atoms with Crippen LogP contribution >= 0.6 is 0 Å². The summed E-state index contributed by atoms with van der Waals surface area (Å²) in [5, 5.41) is 0. The maximum absolute atomic E-state index is 12.5. The van der Waals surface area contributed by atoms with Gasteiger partial charge in [0.25, 0.3) is 5.91 Å². The van der Waals surface area contributed by atoms with Crippen molar-refractivity contribution in [2.24, 2.45) is 5.73 Å². The van der Waals surface area contributed by atoms with E-state index in [1.165, 1.54) is 4.90 Å². The molecule has 2 fully saturated rings. The average Bonchev–Trinajstić information content (AvgIpc) is 2.66. The number of nitrogens with zero attached hydrogens (tertiary/aromatic N) is 2. The van der Waals surface area contributed by atoms with Crippen molar-refractivity contribution in [3.8, 4) is 0 Å². The van der Waals surface area contributed by atoms with E-state index in [9.17, 15) is 9.59 Å². The minimum absolute atomic E-state index is 0.0916. The molecule has 2 aliphatic heterocycles. The predicted octanol–water partition coefficient (Wildman–Crippen LogP) is 1.86. The van der Waals surface area contributed by atoms with Gasteiger partial charge in [0.05, 0.1) is 5.69 Å². The average molecular weight is 273 g/mol. The number of carbonyl (C=O) groups is 2. The van der Waals surface area contributed by atoms with Crippen LogP contribution in [0.15, 0.2) is 24.3 Å². The number of carbonyl (C=O) groups excluding carboxylic acids is 2. The predicted molar refractivity (Wildman–Crippen MR) is 76.2 cm³/mol. The fourth-order valence-corrected chi connectivity index (χ4v) is 3.03. The van der Waals surface area contributed by atoms with E-state index in [1.807, 2.05) is 18.2 Å². The molecule has 106 valence electrons. The van der Waals surface area contributed by atoms with Crippen LogP contribution in [0.3, 0.4) is 0 Å². The highest BCUT2D eigenvalue weighted by molar-refractivity contribution is 6.21. The number of fused-ring (bicyclic) bond motifs is 1. The summed E-state index contributed by atoms with van der Waals surface area (Å²) in [6, 6.07) is 6.89. The number of amides is 3. The molecule has 5 heteroatoms. The maximum Gasteiger partial charge on any atom is 0.332 e. The van der Waals surface area contributed by atoms with E-state index in [-0.39, 0.29) is 18.0 Å². The Balaban J connectivity index is 1.93. The zero-order valence-corrected chi connectivity index (χ0v) is 11.4. The minimum Gasteiger partial charge on any atom is -0.326 e. The van der Waals surface area contributed by atoms with E-state index in [0.29, 0.717) is 18.8 Å². The lowest BCUT2D eigenvalue weighted by atomic mass is 10.1. The van der Waals surface area contributed by atoms with Gasteiger partial charge in [0, 0.05) is 13.1 Å². The van der Waals surface area contributed by atoms with E-state index in [1.54, 1.807) is 11.0 Å². The largest absolute Gasteiger partial charge is 0.332 e. The highest BCUT2D eigenvalue weighted by Gasteiger charge is 2.45. The molecule has 2 N–H and O–H groups in total. The van der Waals surface area contributed by atoms with Gasteiger partial charge in [-0.15, -0.1) is 0 Å². The molecule has 0 bridgehead atoms. The molecule has 20 heavy (non-hydrogen) atoms. The standard InChI is InChI=1S/C15H19N3O2/c16-10-11-5-4-6-12(9-11)18-14(19)13-7-2-1-3-8-17(13)15(18)20/h4-6,9,13H,1-3,7-8,10,16H2. The number of imide groups is 1. The Hall–Kier alpha value is -1.88. The van der Waals surface area contributed by atoms with Gasteiger partial charge in [0.1, 0.15) is 6.04 Å². The van der Waals surface area contributed by atoms with Gasteiger partial charge in [-0.25, -0.2) is 9.69 Å². The second kappa shape index (κ2) is 5.25. The van der Waals surface area contributed by atoms with Crippen LogP contribution < -0.4 is 10.6 Å². The second-order valence-electron chi connectivity index (χ2n) is 5.39. The highest BCUT2D eigenvalue weighted by Crippen LogP contribution is 2.30. The lowest BCUT2D eigenvalue weighted by molar-refractivity contribution is -0.119. The number of hydrogen-bond donors (Lipinski definition) is 1. The summed E-state index contributed by atoms with van der Waals surface area (Å²) in [5.41, 5.74) is 7.18. The molecule has 1 aromatic carbocycles. The molecule has 1 atom stereocenters. The summed E-state index contributed by atoms with van der Waals surface area (Å²) in [5.74, 6) is -0.0916. The van der Waals surface area contributed by atoms with Gasteiger partial charge < -0.3 is 10.6 Å². The third-order valence-corrected chi connectivity index (χ3v) is 4.10. The van der Waals surface area contributed by atoms with E-state index in [0.717, 1.165) is 31.2 Å². The van der Waals surface area contributed by atoms with Crippen molar-refractivity contribution >= 4 is 17.6 Å². The first kappa shape index (κ1) is 13.1. The van der Waals surface area contributed by atoms with Crippen molar-refractivity contribution < 1.29 is 9.59 Å². The number of hydrogen-bond acceptors (Lipinski definition) is 3. The molecule has 1 aromatic rings. The van der Waals surface area contributed by atoms with Crippen LogP contribution in [-0.4, -0.2) is 29.4 Å². The molecule has 0 radical (unpaired) electrons. The van der Waals surface area contributed by atoms with E-state index >= 15 is 0 Å². The number of benzene rings is 1. The maximum atomic E-state index is 12.5. The topological polar surface area (TPSA) is 66.6 Å². The van der Waals surface area contributed by atoms with Gasteiger partial charge in [-0.2, -0.15) is 0 Å². The Bertz CT molecular complexity index is 520. The van der Waals surface area contributed by atoms with Crippen molar-refractivity contribution in [2.45, 2.75) is 38.3 Å². The Morgan fingerprint density at radius 2 is 2.05 bits per heavy atom. The van der Waals surface area contributed by atoms with Crippen LogP contribution in [-0.2, 0) is 11.3 Å². The molecular formula is C15H19N3O2. The third-order valence-electron chi connectivity index (χ3n) is 4.10. The van der Waals surface area contributed by atoms with Gasteiger partial charge in [-0.3, -0.25) is 4.79 Å². The van der Waals surface area contributed by atoms with Crippen LogP contribution in [0.4, 0.5) is 10.5 Å². The van der Waals surface area contributed by atoms with E-state index < -0.39 is 0 Å². The second-order valence-corrected chi connectivity index (χ2v) is 5.39. The summed E-state index contributed by atoms with van der Waals surface area (Å²) in [7, 11) is 0. The van der Waals surface area contributed by atoms with Crippen LogP contribution in [0, 0.1) is 0 Å². The van der Waals surface area contributed by atoms with Crippen molar-refractivity contribution in [3.63, 3.8) is 0 Å². The Morgan fingerprint density at radius 1 is 1.20 bits per heavy atom. The van der Waals surface area contributed by atoms with Crippen LogP contribution in [0.1, 0.15) is 31.2 Å². The number of urea groups is 1. The van der Waals surface area contributed by atoms with Gasteiger partial charge in [0.2, 0.25) is 0 Å². The normalized spacial score (nSPS) is 22.9. The SMILES string of the molecule is NCc1cccc(N2C(=O)C3CCCCCN3C2=O)c1. The first-order valence-electron chi connectivity index (χ1n) is 7.16. The van der Waals surface area contributed by atoms with E-state index in [4.69, 9.17) is 5.73 Å². The molecule has 2 heterocycles. The van der Waals surface area contributed by atoms with Gasteiger partial charge in [-0.1, -0.05) is 25.0 Å². The summed E-state index contributed by atoms with van der Waals surface area (Å²) in [6.07, 6.45) is 3.86. The van der Waals surface area contributed by atoms with Gasteiger partial charge >= 0.3 is 6.03 Å². The molecule has 2 aliphatic rings. The Labute approximate surface area is 118 Å². The smallest absolute Gasteiger partial charge is 0.326 e. The quantitative estimate of drug-likeness (QED) is 0.836. The summed E-state index contributed by atoms with van der Waals surface area (Å²) in [6.45, 7) is 1.08. The fourth-order valence-electron chi connectivity index (χ4n) is 3.03. The summed E-state index contributed by atoms with van der Waals surface area (Å²) >= 11 is 0. The number of rotatable bonds is 2. The molecule has 5 nitrogen and oxygen atoms in total. The molecule has 1 unspecified atom stereocenters. The highest BCUT2D eigenvalue weighted by atomic mass is 16.2. The van der Waals surface area contributed by atoms with Crippen molar-refractivity contribution in [1.82, 2.24) is 4.90 Å². The first-order valence-corrected chi connectivity index (χ1v) is 7.16. The number of anilines is 1. The minimum atomic E-state index is -0.272. The van der Waals surface area contributed by atoms with Crippen LogP contribution in [0.2, 0.25) is 0 Å². The van der Waals surface area contributed by atoms with Crippen LogP contribution in [0.25, 0.3) is 0 Å².